The highest BCUT2D eigenvalue weighted by Gasteiger charge is 2.27. The first-order chi connectivity index (χ1) is 13.7. The number of carbonyl (C=O) groups excluding carboxylic acids is 1. The Kier molecular flexibility index (Phi) is 7.19. The number of piperazine rings is 1. The van der Waals surface area contributed by atoms with Crippen LogP contribution in [0.5, 0.6) is 17.2 Å². The van der Waals surface area contributed by atoms with Crippen molar-refractivity contribution < 1.29 is 19.0 Å². The standard InChI is InChI=1S/C21H25N3O4.ClH/c1-26-18-5-3-2-4-16(18)17-13-22-8-9-24(17)14-21(25)23-15-6-7-19-20(12-15)28-11-10-27-19;/h2-7,12,17,22H,8-11,13-14H2,1H3,(H,23,25);1H. The summed E-state index contributed by atoms with van der Waals surface area (Å²) in [5.74, 6) is 2.16. The van der Waals surface area contributed by atoms with Crippen LogP contribution in [-0.4, -0.2) is 57.3 Å². The fourth-order valence-corrected chi connectivity index (χ4v) is 3.69. The number of halogens is 1. The van der Waals surface area contributed by atoms with E-state index in [1.54, 1.807) is 7.11 Å². The molecular formula is C21H26ClN3O4. The molecule has 1 unspecified atom stereocenters. The van der Waals surface area contributed by atoms with E-state index in [-0.39, 0.29) is 24.4 Å². The number of hydrogen-bond donors (Lipinski definition) is 2. The first-order valence-corrected chi connectivity index (χ1v) is 9.52. The summed E-state index contributed by atoms with van der Waals surface area (Å²) in [7, 11) is 1.67. The highest BCUT2D eigenvalue weighted by molar-refractivity contribution is 5.92. The Morgan fingerprint density at radius 2 is 2.00 bits per heavy atom. The van der Waals surface area contributed by atoms with Gasteiger partial charge in [0, 0.05) is 37.0 Å². The van der Waals surface area contributed by atoms with Crippen molar-refractivity contribution in [2.75, 3.05) is 51.8 Å². The molecule has 1 atom stereocenters. The number of nitrogens with zero attached hydrogens (tertiary/aromatic N) is 1. The maximum absolute atomic E-state index is 12.7. The molecule has 2 aliphatic heterocycles. The van der Waals surface area contributed by atoms with Crippen molar-refractivity contribution >= 4 is 24.0 Å². The largest absolute Gasteiger partial charge is 0.496 e. The van der Waals surface area contributed by atoms with Gasteiger partial charge in [-0.25, -0.2) is 0 Å². The van der Waals surface area contributed by atoms with Gasteiger partial charge in [0.15, 0.2) is 11.5 Å². The topological polar surface area (TPSA) is 72.1 Å². The van der Waals surface area contributed by atoms with Gasteiger partial charge < -0.3 is 24.8 Å². The Bertz CT molecular complexity index is 848. The minimum atomic E-state index is -0.0570. The van der Waals surface area contributed by atoms with Crippen molar-refractivity contribution in [3.8, 4) is 17.2 Å². The molecule has 2 aromatic carbocycles. The van der Waals surface area contributed by atoms with Crippen molar-refractivity contribution in [3.05, 3.63) is 48.0 Å². The third-order valence-corrected chi connectivity index (χ3v) is 5.02. The number of anilines is 1. The molecule has 156 valence electrons. The van der Waals surface area contributed by atoms with Crippen molar-refractivity contribution in [2.45, 2.75) is 6.04 Å². The van der Waals surface area contributed by atoms with Crippen LogP contribution in [-0.2, 0) is 4.79 Å². The van der Waals surface area contributed by atoms with Gasteiger partial charge in [0.1, 0.15) is 19.0 Å². The van der Waals surface area contributed by atoms with Gasteiger partial charge in [0.05, 0.1) is 19.7 Å². The van der Waals surface area contributed by atoms with Crippen LogP contribution in [0.4, 0.5) is 5.69 Å². The number of carbonyl (C=O) groups is 1. The van der Waals surface area contributed by atoms with Gasteiger partial charge >= 0.3 is 0 Å². The minimum absolute atomic E-state index is 0. The molecule has 0 radical (unpaired) electrons. The summed E-state index contributed by atoms with van der Waals surface area (Å²) in [5, 5.41) is 6.38. The SMILES string of the molecule is COc1ccccc1C1CNCCN1CC(=O)Nc1ccc2c(c1)OCCO2.Cl. The average Bonchev–Trinajstić information content (AvgIpc) is 2.74. The van der Waals surface area contributed by atoms with E-state index in [9.17, 15) is 4.79 Å². The molecule has 7 nitrogen and oxygen atoms in total. The molecule has 0 saturated carbocycles. The van der Waals surface area contributed by atoms with E-state index < -0.39 is 0 Å². The number of ether oxygens (including phenoxy) is 3. The molecule has 2 N–H and O–H groups in total. The van der Waals surface area contributed by atoms with Crippen LogP contribution in [0.25, 0.3) is 0 Å². The predicted octanol–water partition coefficient (Wildman–Crippen LogP) is 2.47. The Balaban J connectivity index is 0.00000240. The monoisotopic (exact) mass is 419 g/mol. The summed E-state index contributed by atoms with van der Waals surface area (Å²) in [5.41, 5.74) is 1.79. The van der Waals surface area contributed by atoms with Crippen LogP contribution in [0.1, 0.15) is 11.6 Å². The van der Waals surface area contributed by atoms with Crippen LogP contribution >= 0.6 is 12.4 Å². The summed E-state index contributed by atoms with van der Waals surface area (Å²) in [6.07, 6.45) is 0. The van der Waals surface area contributed by atoms with Gasteiger partial charge in [0.2, 0.25) is 5.91 Å². The molecule has 1 saturated heterocycles. The third-order valence-electron chi connectivity index (χ3n) is 5.02. The quantitative estimate of drug-likeness (QED) is 0.775. The first-order valence-electron chi connectivity index (χ1n) is 9.52. The van der Waals surface area contributed by atoms with Gasteiger partial charge in [-0.2, -0.15) is 0 Å². The molecule has 0 aromatic heterocycles. The molecule has 2 aliphatic rings. The zero-order valence-corrected chi connectivity index (χ0v) is 17.2. The van der Waals surface area contributed by atoms with Gasteiger partial charge in [0.25, 0.3) is 0 Å². The van der Waals surface area contributed by atoms with E-state index in [1.165, 1.54) is 0 Å². The third kappa shape index (κ3) is 4.93. The van der Waals surface area contributed by atoms with Crippen LogP contribution in [0.2, 0.25) is 0 Å². The molecule has 1 amide bonds. The van der Waals surface area contributed by atoms with Gasteiger partial charge in [-0.05, 0) is 18.2 Å². The average molecular weight is 420 g/mol. The Morgan fingerprint density at radius 3 is 2.83 bits per heavy atom. The van der Waals surface area contributed by atoms with Crippen LogP contribution < -0.4 is 24.8 Å². The van der Waals surface area contributed by atoms with Gasteiger partial charge in [-0.15, -0.1) is 12.4 Å². The van der Waals surface area contributed by atoms with Crippen molar-refractivity contribution in [2.24, 2.45) is 0 Å². The zero-order valence-electron chi connectivity index (χ0n) is 16.3. The van der Waals surface area contributed by atoms with E-state index in [0.717, 1.165) is 30.9 Å². The second-order valence-electron chi connectivity index (χ2n) is 6.84. The van der Waals surface area contributed by atoms with E-state index in [2.05, 4.69) is 21.6 Å². The molecule has 0 bridgehead atoms. The summed E-state index contributed by atoms with van der Waals surface area (Å²) in [4.78, 5) is 14.9. The molecular weight excluding hydrogens is 394 g/mol. The molecule has 2 heterocycles. The molecule has 8 heteroatoms. The number of rotatable bonds is 5. The summed E-state index contributed by atoms with van der Waals surface area (Å²) >= 11 is 0. The number of hydrogen-bond acceptors (Lipinski definition) is 6. The number of fused-ring (bicyclic) bond motifs is 1. The Labute approximate surface area is 176 Å². The van der Waals surface area contributed by atoms with Crippen LogP contribution in [0.15, 0.2) is 42.5 Å². The molecule has 0 aliphatic carbocycles. The molecule has 29 heavy (non-hydrogen) atoms. The maximum Gasteiger partial charge on any atom is 0.238 e. The van der Waals surface area contributed by atoms with E-state index in [0.29, 0.717) is 36.9 Å². The Hall–Kier alpha value is -2.48. The fraction of sp³-hybridized carbons (Fsp3) is 0.381. The number of amides is 1. The van der Waals surface area contributed by atoms with Crippen LogP contribution in [0.3, 0.4) is 0 Å². The lowest BCUT2D eigenvalue weighted by Gasteiger charge is -2.36. The Morgan fingerprint density at radius 1 is 1.21 bits per heavy atom. The fourth-order valence-electron chi connectivity index (χ4n) is 3.69. The van der Waals surface area contributed by atoms with E-state index in [4.69, 9.17) is 14.2 Å². The number of methoxy groups -OCH3 is 1. The predicted molar refractivity (Wildman–Crippen MR) is 113 cm³/mol. The summed E-state index contributed by atoms with van der Waals surface area (Å²) in [6.45, 7) is 3.79. The molecule has 1 fully saturated rings. The normalized spacial score (nSPS) is 18.4. The van der Waals surface area contributed by atoms with Crippen LogP contribution in [0, 0.1) is 0 Å². The molecule has 4 rings (SSSR count). The lowest BCUT2D eigenvalue weighted by Crippen LogP contribution is -2.48. The lowest BCUT2D eigenvalue weighted by atomic mass is 10.0. The number of para-hydroxylation sites is 1. The number of nitrogens with one attached hydrogen (secondary N) is 2. The second-order valence-corrected chi connectivity index (χ2v) is 6.84. The van der Waals surface area contributed by atoms with Crippen molar-refractivity contribution in [1.29, 1.82) is 0 Å². The summed E-state index contributed by atoms with van der Waals surface area (Å²) < 4.78 is 16.6. The zero-order chi connectivity index (χ0) is 19.3. The smallest absolute Gasteiger partial charge is 0.238 e. The van der Waals surface area contributed by atoms with Gasteiger partial charge in [-0.3, -0.25) is 9.69 Å². The van der Waals surface area contributed by atoms with E-state index in [1.807, 2.05) is 36.4 Å². The van der Waals surface area contributed by atoms with Crippen molar-refractivity contribution in [3.63, 3.8) is 0 Å². The van der Waals surface area contributed by atoms with Gasteiger partial charge in [-0.1, -0.05) is 18.2 Å². The molecule has 0 spiro atoms. The second kappa shape index (κ2) is 9.82. The lowest BCUT2D eigenvalue weighted by molar-refractivity contribution is -0.118. The first kappa shape index (κ1) is 21.2. The minimum Gasteiger partial charge on any atom is -0.496 e. The summed E-state index contributed by atoms with van der Waals surface area (Å²) in [6, 6.07) is 13.5. The highest BCUT2D eigenvalue weighted by Crippen LogP contribution is 2.33. The molecule has 2 aromatic rings. The highest BCUT2D eigenvalue weighted by atomic mass is 35.5. The van der Waals surface area contributed by atoms with E-state index >= 15 is 0 Å². The number of benzene rings is 2. The maximum atomic E-state index is 12.7. The van der Waals surface area contributed by atoms with Crippen molar-refractivity contribution in [1.82, 2.24) is 10.2 Å².